The van der Waals surface area contributed by atoms with Crippen molar-refractivity contribution in [2.24, 2.45) is 0 Å². The molecule has 1 N–H and O–H groups in total. The van der Waals surface area contributed by atoms with Crippen LogP contribution in [0.1, 0.15) is 18.4 Å². The molecule has 2 rings (SSSR count). The van der Waals surface area contributed by atoms with Crippen LogP contribution in [-0.4, -0.2) is 39.9 Å². The molecule has 0 aliphatic rings. The van der Waals surface area contributed by atoms with Crippen molar-refractivity contribution in [3.63, 3.8) is 0 Å². The van der Waals surface area contributed by atoms with Crippen molar-refractivity contribution in [1.82, 2.24) is 5.32 Å². The minimum absolute atomic E-state index is 0.0831. The third-order valence-corrected chi connectivity index (χ3v) is 6.33. The van der Waals surface area contributed by atoms with Gasteiger partial charge in [0.25, 0.3) is 0 Å². The van der Waals surface area contributed by atoms with Crippen LogP contribution in [0.3, 0.4) is 0 Å². The lowest BCUT2D eigenvalue weighted by atomic mass is 10.1. The number of sulfonamides is 1. The molecule has 0 radical (unpaired) electrons. The summed E-state index contributed by atoms with van der Waals surface area (Å²) in [6.07, 6.45) is 4.57. The van der Waals surface area contributed by atoms with Crippen molar-refractivity contribution in [3.05, 3.63) is 59.1 Å². The molecule has 0 saturated heterocycles. The smallest absolute Gasteiger partial charge is 0.232 e. The number of rotatable bonds is 10. The van der Waals surface area contributed by atoms with Crippen molar-refractivity contribution in [1.29, 1.82) is 0 Å². The number of nitrogens with zero attached hydrogens (tertiary/aromatic N) is 1. The molecule has 5 nitrogen and oxygen atoms in total. The number of halogens is 1. The Morgan fingerprint density at radius 2 is 1.89 bits per heavy atom. The van der Waals surface area contributed by atoms with E-state index >= 15 is 0 Å². The topological polar surface area (TPSA) is 66.5 Å². The molecule has 2 aromatic carbocycles. The van der Waals surface area contributed by atoms with Crippen LogP contribution in [0, 0.1) is 0 Å². The molecule has 0 aliphatic carbocycles. The Morgan fingerprint density at radius 1 is 1.18 bits per heavy atom. The Bertz CT molecular complexity index is 887. The second-order valence-corrected chi connectivity index (χ2v) is 9.59. The number of thioether (sulfide) groups is 1. The van der Waals surface area contributed by atoms with E-state index < -0.39 is 10.0 Å². The summed E-state index contributed by atoms with van der Waals surface area (Å²) in [6, 6.07) is 14.9. The van der Waals surface area contributed by atoms with Gasteiger partial charge in [0.15, 0.2) is 0 Å². The average Bonchev–Trinajstić information content (AvgIpc) is 2.66. The number of amides is 1. The maximum absolute atomic E-state index is 12.2. The fourth-order valence-electron chi connectivity index (χ4n) is 2.72. The van der Waals surface area contributed by atoms with Crippen molar-refractivity contribution >= 4 is 45.0 Å². The molecule has 28 heavy (non-hydrogen) atoms. The molecule has 0 aliphatic heterocycles. The van der Waals surface area contributed by atoms with Crippen LogP contribution >= 0.6 is 23.4 Å². The molecule has 0 saturated carbocycles. The van der Waals surface area contributed by atoms with Gasteiger partial charge in [-0.05, 0) is 55.0 Å². The minimum atomic E-state index is -3.42. The first kappa shape index (κ1) is 22.6. The van der Waals surface area contributed by atoms with Crippen LogP contribution in [0.15, 0.2) is 53.4 Å². The fourth-order valence-corrected chi connectivity index (χ4v) is 4.26. The molecular formula is C20H25ClN2O3S2. The predicted octanol–water partition coefficient (Wildman–Crippen LogP) is 3.97. The first-order valence-corrected chi connectivity index (χ1v) is 12.4. The van der Waals surface area contributed by atoms with Crippen LogP contribution in [0.5, 0.6) is 0 Å². The molecule has 2 aromatic rings. The molecule has 0 fully saturated rings. The number of hydrogen-bond donors (Lipinski definition) is 1. The number of carbonyl (C=O) groups excluding carboxylic acids is 1. The zero-order valence-electron chi connectivity index (χ0n) is 16.0. The summed E-state index contributed by atoms with van der Waals surface area (Å²) >= 11 is 7.41. The van der Waals surface area contributed by atoms with Crippen LogP contribution in [-0.2, 0) is 21.2 Å². The lowest BCUT2D eigenvalue weighted by Gasteiger charge is -2.22. The van der Waals surface area contributed by atoms with E-state index in [1.165, 1.54) is 10.6 Å². The van der Waals surface area contributed by atoms with Gasteiger partial charge < -0.3 is 5.32 Å². The number of carbonyl (C=O) groups is 1. The highest BCUT2D eigenvalue weighted by Crippen LogP contribution is 2.24. The summed E-state index contributed by atoms with van der Waals surface area (Å²) in [5, 5.41) is 3.56. The molecule has 1 amide bonds. The van der Waals surface area contributed by atoms with E-state index in [9.17, 15) is 13.2 Å². The molecule has 0 unspecified atom stereocenters. The van der Waals surface area contributed by atoms with Crippen molar-refractivity contribution in [3.8, 4) is 0 Å². The summed E-state index contributed by atoms with van der Waals surface area (Å²) in [4.78, 5) is 13.0. The molecule has 0 bridgehead atoms. The Kier molecular flexibility index (Phi) is 8.66. The first-order chi connectivity index (χ1) is 13.3. The average molecular weight is 441 g/mol. The standard InChI is InChI=1S/C20H25ClN2O3S2/c1-27-19-6-3-5-18(15-19)23(28(2,25)26)14-4-7-20(24)22-13-12-16-8-10-17(21)11-9-16/h3,5-6,8-11,15H,4,7,12-14H2,1-2H3,(H,22,24). The van der Waals surface area contributed by atoms with Gasteiger partial charge >= 0.3 is 0 Å². The van der Waals surface area contributed by atoms with Gasteiger partial charge in [0.05, 0.1) is 11.9 Å². The van der Waals surface area contributed by atoms with E-state index in [0.717, 1.165) is 16.9 Å². The van der Waals surface area contributed by atoms with Crippen molar-refractivity contribution < 1.29 is 13.2 Å². The molecular weight excluding hydrogens is 416 g/mol. The largest absolute Gasteiger partial charge is 0.356 e. The zero-order chi connectivity index (χ0) is 20.6. The van der Waals surface area contributed by atoms with E-state index in [0.29, 0.717) is 23.7 Å². The summed E-state index contributed by atoms with van der Waals surface area (Å²) in [6.45, 7) is 0.799. The monoisotopic (exact) mass is 440 g/mol. The van der Waals surface area contributed by atoms with Crippen molar-refractivity contribution in [2.75, 3.05) is 29.9 Å². The van der Waals surface area contributed by atoms with Crippen LogP contribution < -0.4 is 9.62 Å². The third kappa shape index (κ3) is 7.37. The van der Waals surface area contributed by atoms with E-state index in [2.05, 4.69) is 5.32 Å². The lowest BCUT2D eigenvalue weighted by molar-refractivity contribution is -0.121. The van der Waals surface area contributed by atoms with Crippen molar-refractivity contribution in [2.45, 2.75) is 24.2 Å². The zero-order valence-corrected chi connectivity index (χ0v) is 18.4. The van der Waals surface area contributed by atoms with E-state index in [4.69, 9.17) is 11.6 Å². The summed E-state index contributed by atoms with van der Waals surface area (Å²) in [5.74, 6) is -0.0831. The Balaban J connectivity index is 1.82. The quantitative estimate of drug-likeness (QED) is 0.568. The summed E-state index contributed by atoms with van der Waals surface area (Å²) < 4.78 is 25.7. The second-order valence-electron chi connectivity index (χ2n) is 6.37. The third-order valence-electron chi connectivity index (χ3n) is 4.16. The molecule has 8 heteroatoms. The molecule has 0 heterocycles. The Labute approximate surface area is 176 Å². The van der Waals surface area contributed by atoms with E-state index in [1.54, 1.807) is 17.8 Å². The van der Waals surface area contributed by atoms with Gasteiger partial charge in [-0.15, -0.1) is 11.8 Å². The first-order valence-electron chi connectivity index (χ1n) is 8.92. The SMILES string of the molecule is CSc1cccc(N(CCCC(=O)NCCc2ccc(Cl)cc2)S(C)(=O)=O)c1. The number of hydrogen-bond acceptors (Lipinski definition) is 4. The molecule has 0 atom stereocenters. The predicted molar refractivity (Wildman–Crippen MR) is 118 cm³/mol. The van der Waals surface area contributed by atoms with Gasteiger partial charge in [0.2, 0.25) is 15.9 Å². The summed E-state index contributed by atoms with van der Waals surface area (Å²) in [5.41, 5.74) is 1.72. The van der Waals surface area contributed by atoms with Crippen LogP contribution in [0.2, 0.25) is 5.02 Å². The number of nitrogens with one attached hydrogen (secondary N) is 1. The minimum Gasteiger partial charge on any atom is -0.356 e. The lowest BCUT2D eigenvalue weighted by Crippen LogP contribution is -2.32. The normalized spacial score (nSPS) is 11.2. The highest BCUT2D eigenvalue weighted by atomic mass is 35.5. The van der Waals surface area contributed by atoms with Gasteiger partial charge in [-0.1, -0.05) is 29.8 Å². The van der Waals surface area contributed by atoms with Gasteiger partial charge in [-0.2, -0.15) is 0 Å². The molecule has 0 spiro atoms. The van der Waals surface area contributed by atoms with Gasteiger partial charge in [0.1, 0.15) is 0 Å². The highest BCUT2D eigenvalue weighted by molar-refractivity contribution is 7.98. The van der Waals surface area contributed by atoms with Gasteiger partial charge in [0, 0.05) is 29.4 Å². The number of benzene rings is 2. The van der Waals surface area contributed by atoms with E-state index in [1.807, 2.05) is 48.7 Å². The summed E-state index contributed by atoms with van der Waals surface area (Å²) in [7, 11) is -3.42. The maximum Gasteiger partial charge on any atom is 0.232 e. The molecule has 152 valence electrons. The highest BCUT2D eigenvalue weighted by Gasteiger charge is 2.17. The second kappa shape index (κ2) is 10.7. The van der Waals surface area contributed by atoms with E-state index in [-0.39, 0.29) is 18.9 Å². The van der Waals surface area contributed by atoms with Gasteiger partial charge in [-0.25, -0.2) is 8.42 Å². The fraction of sp³-hybridized carbons (Fsp3) is 0.350. The Morgan fingerprint density at radius 3 is 2.54 bits per heavy atom. The van der Waals surface area contributed by atoms with Crippen LogP contribution in [0.4, 0.5) is 5.69 Å². The van der Waals surface area contributed by atoms with Crippen LogP contribution in [0.25, 0.3) is 0 Å². The molecule has 0 aromatic heterocycles. The number of anilines is 1. The Hall–Kier alpha value is -1.70. The van der Waals surface area contributed by atoms with Gasteiger partial charge in [-0.3, -0.25) is 9.10 Å². The maximum atomic E-state index is 12.2.